The van der Waals surface area contributed by atoms with Gasteiger partial charge in [-0.3, -0.25) is 0 Å². The average Bonchev–Trinajstić information content (AvgIpc) is 2.65. The Morgan fingerprint density at radius 3 is 2.58 bits per heavy atom. The molecule has 0 aliphatic carbocycles. The molecule has 0 aliphatic heterocycles. The standard InChI is InChI=1S/C14H25NO3Si/c1-6-18-14(16)13-10-15(9-12(13)2)11-17-7-8-19(3,4)5/h9-10H,6-8,11H2,1-5H3. The number of nitrogens with zero attached hydrogens (tertiary/aromatic N) is 1. The van der Waals surface area contributed by atoms with Crippen molar-refractivity contribution in [3.63, 3.8) is 0 Å². The first-order valence-corrected chi connectivity index (χ1v) is 10.5. The molecule has 1 heterocycles. The molecule has 0 fully saturated rings. The highest BCUT2D eigenvalue weighted by Crippen LogP contribution is 2.12. The SMILES string of the molecule is CCOC(=O)c1cn(COCC[Si](C)(C)C)cc1C. The molecular formula is C14H25NO3Si. The van der Waals surface area contributed by atoms with Crippen LogP contribution in [-0.4, -0.2) is 31.8 Å². The van der Waals surface area contributed by atoms with E-state index in [1.807, 2.05) is 24.6 Å². The smallest absolute Gasteiger partial charge is 0.339 e. The maximum absolute atomic E-state index is 11.7. The fourth-order valence-electron chi connectivity index (χ4n) is 1.67. The molecule has 0 unspecified atom stereocenters. The third kappa shape index (κ3) is 5.61. The van der Waals surface area contributed by atoms with Gasteiger partial charge in [-0.15, -0.1) is 0 Å². The number of aromatic nitrogens is 1. The first-order chi connectivity index (χ1) is 8.83. The van der Waals surface area contributed by atoms with Crippen molar-refractivity contribution in [2.75, 3.05) is 13.2 Å². The Morgan fingerprint density at radius 2 is 2.00 bits per heavy atom. The van der Waals surface area contributed by atoms with Crippen molar-refractivity contribution in [3.05, 3.63) is 23.5 Å². The first kappa shape index (κ1) is 16.0. The second-order valence-corrected chi connectivity index (χ2v) is 11.6. The van der Waals surface area contributed by atoms with E-state index in [4.69, 9.17) is 9.47 Å². The molecule has 0 saturated carbocycles. The summed E-state index contributed by atoms with van der Waals surface area (Å²) in [5.74, 6) is -0.263. The lowest BCUT2D eigenvalue weighted by Crippen LogP contribution is -2.21. The van der Waals surface area contributed by atoms with Gasteiger partial charge in [0.15, 0.2) is 0 Å². The number of ether oxygens (including phenoxy) is 2. The van der Waals surface area contributed by atoms with Crippen LogP contribution in [0, 0.1) is 6.92 Å². The van der Waals surface area contributed by atoms with Crippen molar-refractivity contribution in [1.82, 2.24) is 4.57 Å². The number of esters is 1. The molecule has 5 heteroatoms. The van der Waals surface area contributed by atoms with Gasteiger partial charge in [0.25, 0.3) is 0 Å². The molecule has 0 bridgehead atoms. The van der Waals surface area contributed by atoms with Crippen molar-refractivity contribution in [3.8, 4) is 0 Å². The third-order valence-electron chi connectivity index (χ3n) is 2.81. The zero-order valence-corrected chi connectivity index (χ0v) is 13.7. The molecule has 0 radical (unpaired) electrons. The summed E-state index contributed by atoms with van der Waals surface area (Å²) in [4.78, 5) is 11.7. The predicted octanol–water partition coefficient (Wildman–Crippen LogP) is 3.29. The predicted molar refractivity (Wildman–Crippen MR) is 79.2 cm³/mol. The van der Waals surface area contributed by atoms with Gasteiger partial charge in [-0.05, 0) is 25.5 Å². The molecule has 0 spiro atoms. The fourth-order valence-corrected chi connectivity index (χ4v) is 2.43. The summed E-state index contributed by atoms with van der Waals surface area (Å²) >= 11 is 0. The average molecular weight is 283 g/mol. The normalized spacial score (nSPS) is 11.6. The van der Waals surface area contributed by atoms with Crippen molar-refractivity contribution < 1.29 is 14.3 Å². The van der Waals surface area contributed by atoms with Crippen LogP contribution in [-0.2, 0) is 16.2 Å². The van der Waals surface area contributed by atoms with Crippen molar-refractivity contribution in [2.24, 2.45) is 0 Å². The lowest BCUT2D eigenvalue weighted by Gasteiger charge is -2.15. The first-order valence-electron chi connectivity index (χ1n) is 6.74. The third-order valence-corrected chi connectivity index (χ3v) is 4.52. The number of rotatable bonds is 7. The Labute approximate surface area is 116 Å². The molecule has 0 amide bonds. The van der Waals surface area contributed by atoms with Crippen LogP contribution in [0.25, 0.3) is 0 Å². The van der Waals surface area contributed by atoms with Gasteiger partial charge in [0.05, 0.1) is 12.2 Å². The Balaban J connectivity index is 2.48. The second kappa shape index (κ2) is 6.91. The van der Waals surface area contributed by atoms with E-state index < -0.39 is 8.07 Å². The monoisotopic (exact) mass is 283 g/mol. The van der Waals surface area contributed by atoms with Gasteiger partial charge in [-0.1, -0.05) is 19.6 Å². The fraction of sp³-hybridized carbons (Fsp3) is 0.643. The second-order valence-electron chi connectivity index (χ2n) is 5.94. The van der Waals surface area contributed by atoms with E-state index in [1.165, 1.54) is 0 Å². The summed E-state index contributed by atoms with van der Waals surface area (Å²) < 4.78 is 12.5. The van der Waals surface area contributed by atoms with E-state index >= 15 is 0 Å². The number of hydrogen-bond acceptors (Lipinski definition) is 3. The van der Waals surface area contributed by atoms with Crippen LogP contribution in [0.2, 0.25) is 25.7 Å². The minimum Gasteiger partial charge on any atom is -0.462 e. The number of carbonyl (C=O) groups is 1. The van der Waals surface area contributed by atoms with Crippen LogP contribution in [0.5, 0.6) is 0 Å². The van der Waals surface area contributed by atoms with Crippen LogP contribution < -0.4 is 0 Å². The molecule has 0 aromatic carbocycles. The van der Waals surface area contributed by atoms with Gasteiger partial charge in [-0.2, -0.15) is 0 Å². The quantitative estimate of drug-likeness (QED) is 0.438. The lowest BCUT2D eigenvalue weighted by molar-refractivity contribution is 0.0524. The summed E-state index contributed by atoms with van der Waals surface area (Å²) in [7, 11) is -1.04. The molecule has 108 valence electrons. The van der Waals surface area contributed by atoms with Gasteiger partial charge in [-0.25, -0.2) is 4.79 Å². The van der Waals surface area contributed by atoms with Crippen LogP contribution in [0.1, 0.15) is 22.8 Å². The van der Waals surface area contributed by atoms with Gasteiger partial charge in [0.2, 0.25) is 0 Å². The minimum atomic E-state index is -1.04. The molecule has 19 heavy (non-hydrogen) atoms. The molecule has 1 aromatic heterocycles. The highest BCUT2D eigenvalue weighted by Gasteiger charge is 2.14. The molecule has 0 saturated heterocycles. The van der Waals surface area contributed by atoms with E-state index in [0.717, 1.165) is 18.2 Å². The number of aryl methyl sites for hydroxylation is 1. The Morgan fingerprint density at radius 1 is 1.32 bits per heavy atom. The van der Waals surface area contributed by atoms with Crippen molar-refractivity contribution >= 4 is 14.0 Å². The lowest BCUT2D eigenvalue weighted by atomic mass is 10.2. The van der Waals surface area contributed by atoms with Gasteiger partial charge < -0.3 is 14.0 Å². The van der Waals surface area contributed by atoms with E-state index in [9.17, 15) is 4.79 Å². The Bertz CT molecular complexity index is 421. The molecule has 0 N–H and O–H groups in total. The van der Waals surface area contributed by atoms with Gasteiger partial charge in [0, 0.05) is 27.1 Å². The zero-order valence-electron chi connectivity index (χ0n) is 12.7. The van der Waals surface area contributed by atoms with Crippen LogP contribution in [0.15, 0.2) is 12.4 Å². The topological polar surface area (TPSA) is 40.5 Å². The number of carbonyl (C=O) groups excluding carboxylic acids is 1. The summed E-state index contributed by atoms with van der Waals surface area (Å²) in [6.45, 7) is 12.4. The van der Waals surface area contributed by atoms with E-state index in [2.05, 4.69) is 19.6 Å². The van der Waals surface area contributed by atoms with Gasteiger partial charge >= 0.3 is 5.97 Å². The number of hydrogen-bond donors (Lipinski definition) is 0. The maximum Gasteiger partial charge on any atom is 0.339 e. The highest BCUT2D eigenvalue weighted by atomic mass is 28.3. The summed E-state index contributed by atoms with van der Waals surface area (Å²) in [6, 6.07) is 1.15. The molecule has 0 aliphatic rings. The molecule has 4 nitrogen and oxygen atoms in total. The Kier molecular flexibility index (Phi) is 5.81. The zero-order chi connectivity index (χ0) is 14.5. The molecule has 0 atom stereocenters. The van der Waals surface area contributed by atoms with E-state index in [-0.39, 0.29) is 5.97 Å². The van der Waals surface area contributed by atoms with Crippen LogP contribution in [0.4, 0.5) is 0 Å². The summed E-state index contributed by atoms with van der Waals surface area (Å²) in [6.07, 6.45) is 3.71. The van der Waals surface area contributed by atoms with Crippen molar-refractivity contribution in [1.29, 1.82) is 0 Å². The molecule has 1 aromatic rings. The maximum atomic E-state index is 11.7. The van der Waals surface area contributed by atoms with Crippen LogP contribution in [0.3, 0.4) is 0 Å². The summed E-state index contributed by atoms with van der Waals surface area (Å²) in [5.41, 5.74) is 1.54. The Hall–Kier alpha value is -1.07. The largest absolute Gasteiger partial charge is 0.462 e. The van der Waals surface area contributed by atoms with Crippen molar-refractivity contribution in [2.45, 2.75) is 46.3 Å². The highest BCUT2D eigenvalue weighted by molar-refractivity contribution is 6.76. The van der Waals surface area contributed by atoms with Crippen LogP contribution >= 0.6 is 0 Å². The summed E-state index contributed by atoms with van der Waals surface area (Å²) in [5, 5.41) is 0. The van der Waals surface area contributed by atoms with E-state index in [0.29, 0.717) is 18.9 Å². The minimum absolute atomic E-state index is 0.263. The van der Waals surface area contributed by atoms with E-state index in [1.54, 1.807) is 6.20 Å². The molecule has 1 rings (SSSR count). The van der Waals surface area contributed by atoms with Gasteiger partial charge in [0.1, 0.15) is 6.73 Å². The molecular weight excluding hydrogens is 258 g/mol.